The quantitative estimate of drug-likeness (QED) is 0.417. The molecule has 0 unspecified atom stereocenters. The molecule has 2 aromatic heterocycles. The van der Waals surface area contributed by atoms with E-state index in [1.807, 2.05) is 6.07 Å². The van der Waals surface area contributed by atoms with Gasteiger partial charge in [-0.25, -0.2) is 9.97 Å². The van der Waals surface area contributed by atoms with Crippen molar-refractivity contribution < 1.29 is 28.2 Å². The summed E-state index contributed by atoms with van der Waals surface area (Å²) in [6.45, 7) is 1.06. The molecule has 1 amide bonds. The van der Waals surface area contributed by atoms with Crippen molar-refractivity contribution in [2.24, 2.45) is 5.73 Å². The Balaban J connectivity index is 1.37. The third kappa shape index (κ3) is 5.41. The van der Waals surface area contributed by atoms with Crippen molar-refractivity contribution in [3.8, 4) is 0 Å². The smallest absolute Gasteiger partial charge is 0.389 e. The van der Waals surface area contributed by atoms with Crippen LogP contribution >= 0.6 is 0 Å². The molecule has 2 aliphatic rings. The zero-order chi connectivity index (χ0) is 26.4. The van der Waals surface area contributed by atoms with Gasteiger partial charge in [0, 0.05) is 31.9 Å². The molecular formula is C25H29F3N6O3. The number of alkyl halides is 3. The normalized spacial score (nSPS) is 22.9. The minimum absolute atomic E-state index is 0.0199. The number of fused-ring (bicyclic) bond motifs is 1. The number of carbonyl (C=O) groups excluding carboxylic acids is 1. The molecule has 0 bridgehead atoms. The van der Waals surface area contributed by atoms with Crippen LogP contribution in [0, 0.1) is 0 Å². The molecular weight excluding hydrogens is 489 g/mol. The third-order valence-electron chi connectivity index (χ3n) is 7.16. The number of amides is 1. The lowest BCUT2D eigenvalue weighted by molar-refractivity contribution is -0.137. The Morgan fingerprint density at radius 3 is 2.54 bits per heavy atom. The number of piperidine rings is 1. The number of aromatic nitrogens is 3. The maximum atomic E-state index is 13.0. The maximum absolute atomic E-state index is 13.0. The van der Waals surface area contributed by atoms with Crippen molar-refractivity contribution in [3.05, 3.63) is 54.0 Å². The Hall–Kier alpha value is -3.22. The number of hydrogen-bond acceptors (Lipinski definition) is 7. The molecule has 3 heterocycles. The summed E-state index contributed by atoms with van der Waals surface area (Å²) in [6.07, 6.45) is -0.0739. The molecule has 5 rings (SSSR count). The highest BCUT2D eigenvalue weighted by atomic mass is 19.4. The molecule has 3 aromatic rings. The van der Waals surface area contributed by atoms with Crippen LogP contribution < -0.4 is 10.6 Å². The van der Waals surface area contributed by atoms with Crippen LogP contribution in [0.15, 0.2) is 42.9 Å². The fraction of sp³-hybridized carbons (Fsp3) is 0.480. The Morgan fingerprint density at radius 2 is 1.92 bits per heavy atom. The zero-order valence-electron chi connectivity index (χ0n) is 20.1. The molecule has 4 N–H and O–H groups in total. The van der Waals surface area contributed by atoms with Crippen LogP contribution in [0.2, 0.25) is 0 Å². The van der Waals surface area contributed by atoms with Crippen LogP contribution in [0.25, 0.3) is 11.0 Å². The average molecular weight is 519 g/mol. The monoisotopic (exact) mass is 518 g/mol. The first-order chi connectivity index (χ1) is 17.5. The first kappa shape index (κ1) is 25.4. The summed E-state index contributed by atoms with van der Waals surface area (Å²) in [4.78, 5) is 23.9. The summed E-state index contributed by atoms with van der Waals surface area (Å²) in [7, 11) is 0. The van der Waals surface area contributed by atoms with Crippen LogP contribution in [-0.4, -0.2) is 72.9 Å². The fourth-order valence-electron chi connectivity index (χ4n) is 4.97. The SMILES string of the molecule is NC(=O)CN1CC[C@](O)(Cn2ccc3c(N(Cc4ccc(C(F)(F)F)cc4)C4CC4)ncnc32)[C@@H](O)C1. The van der Waals surface area contributed by atoms with Gasteiger partial charge < -0.3 is 25.4 Å². The number of likely N-dealkylation sites (tertiary alicyclic amines) is 1. The van der Waals surface area contributed by atoms with Gasteiger partial charge in [0.15, 0.2) is 0 Å². The Bertz CT molecular complexity index is 1280. The average Bonchev–Trinajstić information content (AvgIpc) is 3.60. The second-order valence-electron chi connectivity index (χ2n) is 10.0. The van der Waals surface area contributed by atoms with Gasteiger partial charge in [-0.15, -0.1) is 0 Å². The summed E-state index contributed by atoms with van der Waals surface area (Å²) >= 11 is 0. The number of carbonyl (C=O) groups is 1. The summed E-state index contributed by atoms with van der Waals surface area (Å²) in [6, 6.07) is 7.24. The number of primary amides is 1. The van der Waals surface area contributed by atoms with Crippen molar-refractivity contribution in [1.29, 1.82) is 0 Å². The molecule has 1 saturated heterocycles. The van der Waals surface area contributed by atoms with Gasteiger partial charge in [-0.2, -0.15) is 13.2 Å². The van der Waals surface area contributed by atoms with E-state index in [1.54, 1.807) is 15.7 Å². The van der Waals surface area contributed by atoms with E-state index in [0.29, 0.717) is 24.6 Å². The van der Waals surface area contributed by atoms with Gasteiger partial charge in [-0.05, 0) is 43.0 Å². The lowest BCUT2D eigenvalue weighted by atomic mass is 9.88. The largest absolute Gasteiger partial charge is 0.416 e. The highest BCUT2D eigenvalue weighted by Gasteiger charge is 2.41. The molecule has 1 aromatic carbocycles. The number of halogens is 3. The highest BCUT2D eigenvalue weighted by molar-refractivity contribution is 5.88. The maximum Gasteiger partial charge on any atom is 0.416 e. The minimum Gasteiger partial charge on any atom is -0.389 e. The number of nitrogens with zero attached hydrogens (tertiary/aromatic N) is 5. The van der Waals surface area contributed by atoms with Gasteiger partial charge in [0.05, 0.1) is 30.1 Å². The van der Waals surface area contributed by atoms with Crippen LogP contribution in [0.3, 0.4) is 0 Å². The van der Waals surface area contributed by atoms with E-state index < -0.39 is 29.4 Å². The second kappa shape index (κ2) is 9.58. The highest BCUT2D eigenvalue weighted by Crippen LogP contribution is 2.37. The summed E-state index contributed by atoms with van der Waals surface area (Å²) < 4.78 is 40.7. The molecule has 12 heteroatoms. The standard InChI is InChI=1S/C25H29F3N6O3/c26-25(27,28)17-3-1-16(2-4-17)11-34(18-5-6-18)23-19-7-9-33(22(19)30-15-31-23)14-24(37)8-10-32(12-20(24)35)13-21(29)36/h1-4,7,9,15,18,20,35,37H,5-6,8,10-14H2,(H2,29,36)/t20-,24-/m0/s1. The van der Waals surface area contributed by atoms with Crippen molar-refractivity contribution in [2.75, 3.05) is 24.5 Å². The summed E-state index contributed by atoms with van der Waals surface area (Å²) in [5.41, 5.74) is 4.48. The molecule has 1 saturated carbocycles. The lowest BCUT2D eigenvalue weighted by Crippen LogP contribution is -2.58. The molecule has 9 nitrogen and oxygen atoms in total. The number of β-amino-alcohol motifs (C(OH)–C–C–N with tert-alkyl or cyclic N) is 1. The number of hydrogen-bond donors (Lipinski definition) is 3. The van der Waals surface area contributed by atoms with E-state index in [9.17, 15) is 28.2 Å². The van der Waals surface area contributed by atoms with Crippen molar-refractivity contribution in [1.82, 2.24) is 19.4 Å². The molecule has 1 aliphatic heterocycles. The molecule has 0 radical (unpaired) electrons. The molecule has 37 heavy (non-hydrogen) atoms. The van der Waals surface area contributed by atoms with Crippen LogP contribution in [0.5, 0.6) is 0 Å². The van der Waals surface area contributed by atoms with Gasteiger partial charge in [0.2, 0.25) is 5.91 Å². The van der Waals surface area contributed by atoms with Gasteiger partial charge in [-0.1, -0.05) is 12.1 Å². The Morgan fingerprint density at radius 1 is 1.19 bits per heavy atom. The van der Waals surface area contributed by atoms with E-state index in [1.165, 1.54) is 18.5 Å². The molecule has 0 spiro atoms. The predicted octanol–water partition coefficient (Wildman–Crippen LogP) is 1.90. The van der Waals surface area contributed by atoms with E-state index in [4.69, 9.17) is 5.73 Å². The predicted molar refractivity (Wildman–Crippen MR) is 129 cm³/mol. The Kier molecular flexibility index (Phi) is 6.59. The topological polar surface area (TPSA) is 121 Å². The molecule has 1 aliphatic carbocycles. The van der Waals surface area contributed by atoms with E-state index in [2.05, 4.69) is 14.9 Å². The molecule has 198 valence electrons. The van der Waals surface area contributed by atoms with Gasteiger partial charge >= 0.3 is 6.18 Å². The number of benzene rings is 1. The zero-order valence-corrected chi connectivity index (χ0v) is 20.1. The first-order valence-electron chi connectivity index (χ1n) is 12.2. The van der Waals surface area contributed by atoms with E-state index in [-0.39, 0.29) is 32.1 Å². The fourth-order valence-corrected chi connectivity index (χ4v) is 4.97. The summed E-state index contributed by atoms with van der Waals surface area (Å²) in [5.74, 6) is 0.185. The number of rotatable bonds is 8. The molecule has 2 atom stereocenters. The first-order valence-corrected chi connectivity index (χ1v) is 12.2. The number of nitrogens with two attached hydrogens (primary N) is 1. The Labute approximate surface area is 211 Å². The number of aliphatic hydroxyl groups excluding tert-OH is 1. The number of anilines is 1. The second-order valence-corrected chi connectivity index (χ2v) is 10.0. The van der Waals surface area contributed by atoms with Crippen molar-refractivity contribution in [2.45, 2.75) is 56.3 Å². The van der Waals surface area contributed by atoms with Crippen molar-refractivity contribution >= 4 is 22.8 Å². The van der Waals surface area contributed by atoms with Crippen LogP contribution in [-0.2, 0) is 24.1 Å². The van der Waals surface area contributed by atoms with Gasteiger partial charge in [0.25, 0.3) is 0 Å². The van der Waals surface area contributed by atoms with Crippen LogP contribution in [0.4, 0.5) is 19.0 Å². The third-order valence-corrected chi connectivity index (χ3v) is 7.16. The minimum atomic E-state index is -4.38. The van der Waals surface area contributed by atoms with E-state index in [0.717, 1.165) is 35.9 Å². The van der Waals surface area contributed by atoms with Crippen LogP contribution in [0.1, 0.15) is 30.4 Å². The van der Waals surface area contributed by atoms with Gasteiger partial charge in [-0.3, -0.25) is 9.69 Å². The molecule has 2 fully saturated rings. The number of aliphatic hydroxyl groups is 2. The van der Waals surface area contributed by atoms with Crippen molar-refractivity contribution in [3.63, 3.8) is 0 Å². The lowest BCUT2D eigenvalue weighted by Gasteiger charge is -2.42. The van der Waals surface area contributed by atoms with E-state index >= 15 is 0 Å². The summed E-state index contributed by atoms with van der Waals surface area (Å²) in [5, 5.41) is 22.7. The van der Waals surface area contributed by atoms with Gasteiger partial charge in [0.1, 0.15) is 23.4 Å².